The number of aryl methyl sites for hydroxylation is 2. The van der Waals surface area contributed by atoms with E-state index in [1.54, 1.807) is 0 Å². The molecule has 0 saturated carbocycles. The topological polar surface area (TPSA) is 132 Å². The summed E-state index contributed by atoms with van der Waals surface area (Å²) in [5.41, 5.74) is 2.63. The summed E-state index contributed by atoms with van der Waals surface area (Å²) in [4.78, 5) is 38.8. The highest BCUT2D eigenvalue weighted by Gasteiger charge is 2.13. The normalized spacial score (nSPS) is 10.4. The molecule has 0 aliphatic rings. The van der Waals surface area contributed by atoms with Gasteiger partial charge in [0.15, 0.2) is 6.61 Å². The Labute approximate surface area is 166 Å². The highest BCUT2D eigenvalue weighted by Crippen LogP contribution is 2.28. The molecule has 0 atom stereocenters. The predicted octanol–water partition coefficient (Wildman–Crippen LogP) is 2.80. The molecule has 0 saturated heterocycles. The number of hydrogen-bond donors (Lipinski definition) is 2. The van der Waals surface area contributed by atoms with Gasteiger partial charge in [0.1, 0.15) is 12.0 Å². The Morgan fingerprint density at radius 1 is 1.14 bits per heavy atom. The minimum absolute atomic E-state index is 0.120. The molecule has 0 aliphatic carbocycles. The van der Waals surface area contributed by atoms with Crippen molar-refractivity contribution in [3.05, 3.63) is 57.6 Å². The maximum Gasteiger partial charge on any atom is 0.273 e. The molecule has 2 N–H and O–H groups in total. The zero-order valence-electron chi connectivity index (χ0n) is 16.1. The number of nitrogens with zero attached hydrogens (tertiary/aromatic N) is 2. The van der Waals surface area contributed by atoms with Crippen molar-refractivity contribution in [3.63, 3.8) is 0 Å². The number of hydrogen-bond acceptors (Lipinski definition) is 7. The fourth-order valence-corrected chi connectivity index (χ4v) is 2.30. The third-order valence-corrected chi connectivity index (χ3v) is 3.76. The van der Waals surface area contributed by atoms with Crippen LogP contribution in [0.3, 0.4) is 0 Å². The quantitative estimate of drug-likeness (QED) is 0.398. The zero-order valence-corrected chi connectivity index (χ0v) is 16.1. The number of nitro groups is 1. The molecule has 0 spiro atoms. The van der Waals surface area contributed by atoms with E-state index in [9.17, 15) is 19.7 Å². The van der Waals surface area contributed by atoms with Gasteiger partial charge >= 0.3 is 0 Å². The minimum Gasteiger partial charge on any atom is -0.494 e. The molecule has 0 bridgehead atoms. The third-order valence-electron chi connectivity index (χ3n) is 3.76. The first-order valence-electron chi connectivity index (χ1n) is 8.46. The van der Waals surface area contributed by atoms with Gasteiger partial charge < -0.3 is 20.2 Å². The Kier molecular flexibility index (Phi) is 7.24. The van der Waals surface area contributed by atoms with Gasteiger partial charge in [0.25, 0.3) is 17.5 Å². The number of carbonyl (C=O) groups excluding carboxylic acids is 2. The van der Waals surface area contributed by atoms with Crippen LogP contribution in [0, 0.1) is 24.0 Å². The summed E-state index contributed by atoms with van der Waals surface area (Å²) in [6, 6.07) is 9.40. The largest absolute Gasteiger partial charge is 0.494 e. The van der Waals surface area contributed by atoms with Crippen molar-refractivity contribution >= 4 is 35.1 Å². The summed E-state index contributed by atoms with van der Waals surface area (Å²) < 4.78 is 5.02. The fraction of sp³-hybridized carbons (Fsp3) is 0.211. The summed E-state index contributed by atoms with van der Waals surface area (Å²) in [5.74, 6) is -0.963. The number of rotatable bonds is 8. The summed E-state index contributed by atoms with van der Waals surface area (Å²) in [6.07, 6.45) is 0.839. The van der Waals surface area contributed by atoms with E-state index >= 15 is 0 Å². The number of anilines is 2. The molecular weight excluding hydrogens is 380 g/mol. The second kappa shape index (κ2) is 9.83. The van der Waals surface area contributed by atoms with Gasteiger partial charge in [-0.1, -0.05) is 17.3 Å². The number of amides is 2. The van der Waals surface area contributed by atoms with Gasteiger partial charge in [-0.2, -0.15) is 0 Å². The van der Waals surface area contributed by atoms with Crippen molar-refractivity contribution in [2.75, 3.05) is 24.4 Å². The first-order chi connectivity index (χ1) is 13.8. The second-order valence-electron chi connectivity index (χ2n) is 6.01. The van der Waals surface area contributed by atoms with Gasteiger partial charge in [-0.15, -0.1) is 0 Å². The predicted molar refractivity (Wildman–Crippen MR) is 107 cm³/mol. The van der Waals surface area contributed by atoms with Crippen LogP contribution in [0.2, 0.25) is 0 Å². The number of nitro benzene ring substituents is 1. The van der Waals surface area contributed by atoms with E-state index in [0.717, 1.165) is 17.3 Å². The second-order valence-corrected chi connectivity index (χ2v) is 6.01. The highest BCUT2D eigenvalue weighted by atomic mass is 16.6. The van der Waals surface area contributed by atoms with E-state index in [1.165, 1.54) is 25.3 Å². The number of nitrogens with one attached hydrogen (secondary N) is 2. The fourth-order valence-electron chi connectivity index (χ4n) is 2.30. The van der Waals surface area contributed by atoms with E-state index in [1.807, 2.05) is 32.0 Å². The van der Waals surface area contributed by atoms with E-state index in [0.29, 0.717) is 5.69 Å². The number of non-ortho nitro benzene ring substituents is 1. The lowest BCUT2D eigenvalue weighted by Gasteiger charge is -2.09. The zero-order chi connectivity index (χ0) is 21.4. The highest BCUT2D eigenvalue weighted by molar-refractivity contribution is 6.31. The van der Waals surface area contributed by atoms with Crippen LogP contribution in [-0.4, -0.2) is 36.7 Å². The molecule has 29 heavy (non-hydrogen) atoms. The van der Waals surface area contributed by atoms with Crippen molar-refractivity contribution in [2.45, 2.75) is 13.8 Å². The molecule has 152 valence electrons. The minimum atomic E-state index is -0.660. The molecule has 2 rings (SSSR count). The number of benzene rings is 2. The molecule has 2 aromatic carbocycles. The van der Waals surface area contributed by atoms with Crippen molar-refractivity contribution in [1.82, 2.24) is 0 Å². The molecular formula is C19H20N4O6. The molecule has 0 heterocycles. The average Bonchev–Trinajstić information content (AvgIpc) is 2.68. The Balaban J connectivity index is 1.86. The van der Waals surface area contributed by atoms with Crippen LogP contribution in [0.15, 0.2) is 41.6 Å². The molecule has 0 aliphatic heterocycles. The smallest absolute Gasteiger partial charge is 0.273 e. The van der Waals surface area contributed by atoms with Crippen molar-refractivity contribution in [3.8, 4) is 5.75 Å². The Morgan fingerprint density at radius 3 is 2.59 bits per heavy atom. The molecule has 10 nitrogen and oxygen atoms in total. The van der Waals surface area contributed by atoms with Crippen LogP contribution in [0.5, 0.6) is 5.75 Å². The summed E-state index contributed by atoms with van der Waals surface area (Å²) in [6.45, 7) is 3.40. The first kappa shape index (κ1) is 21.4. The van der Waals surface area contributed by atoms with Crippen LogP contribution in [-0.2, 0) is 14.4 Å². The number of ether oxygens (including phenoxy) is 1. The average molecular weight is 400 g/mol. The SMILES string of the molecule is COc1cc([N+](=O)[O-])ccc1NC(=O)/C=N\OCC(=O)Nc1cc(C)ccc1C. The van der Waals surface area contributed by atoms with E-state index < -0.39 is 16.7 Å². The maximum atomic E-state index is 11.9. The molecule has 2 amide bonds. The van der Waals surface area contributed by atoms with E-state index in [-0.39, 0.29) is 23.7 Å². The summed E-state index contributed by atoms with van der Waals surface area (Å²) >= 11 is 0. The van der Waals surface area contributed by atoms with Crippen molar-refractivity contribution < 1.29 is 24.1 Å². The molecule has 2 aromatic rings. The maximum absolute atomic E-state index is 11.9. The van der Waals surface area contributed by atoms with Crippen LogP contribution in [0.25, 0.3) is 0 Å². The van der Waals surface area contributed by atoms with E-state index in [4.69, 9.17) is 9.57 Å². The Morgan fingerprint density at radius 2 is 1.90 bits per heavy atom. The lowest BCUT2D eigenvalue weighted by molar-refractivity contribution is -0.384. The Bertz CT molecular complexity index is 958. The van der Waals surface area contributed by atoms with Gasteiger partial charge in [0.05, 0.1) is 23.8 Å². The standard InChI is InChI=1S/C19H20N4O6/c1-12-4-5-13(2)16(8-12)22-19(25)11-29-20-10-18(24)21-15-7-6-14(23(26)27)9-17(15)28-3/h4-10H,11H2,1-3H3,(H,21,24)(H,22,25)/b20-10-. The number of methoxy groups -OCH3 is 1. The van der Waals surface area contributed by atoms with E-state index in [2.05, 4.69) is 15.8 Å². The van der Waals surface area contributed by atoms with Crippen LogP contribution >= 0.6 is 0 Å². The summed E-state index contributed by atoms with van der Waals surface area (Å²) in [7, 11) is 1.32. The molecule has 0 aromatic heterocycles. The molecule has 0 radical (unpaired) electrons. The van der Waals surface area contributed by atoms with Crippen LogP contribution in [0.4, 0.5) is 17.1 Å². The number of oxime groups is 1. The summed E-state index contributed by atoms with van der Waals surface area (Å²) in [5, 5.41) is 19.4. The Hall–Kier alpha value is -3.95. The van der Waals surface area contributed by atoms with Crippen LogP contribution < -0.4 is 15.4 Å². The van der Waals surface area contributed by atoms with Gasteiger partial charge in [0.2, 0.25) is 0 Å². The van der Waals surface area contributed by atoms with Gasteiger partial charge in [-0.05, 0) is 37.1 Å². The molecule has 0 fully saturated rings. The first-order valence-corrected chi connectivity index (χ1v) is 8.46. The van der Waals surface area contributed by atoms with Gasteiger partial charge in [-0.25, -0.2) is 0 Å². The monoisotopic (exact) mass is 400 g/mol. The lowest BCUT2D eigenvalue weighted by atomic mass is 10.1. The molecule has 10 heteroatoms. The van der Waals surface area contributed by atoms with Crippen molar-refractivity contribution in [2.24, 2.45) is 5.16 Å². The third kappa shape index (κ3) is 6.31. The lowest BCUT2D eigenvalue weighted by Crippen LogP contribution is -2.18. The van der Waals surface area contributed by atoms with Crippen molar-refractivity contribution in [1.29, 1.82) is 0 Å². The van der Waals surface area contributed by atoms with Crippen LogP contribution in [0.1, 0.15) is 11.1 Å². The van der Waals surface area contributed by atoms with Gasteiger partial charge in [0, 0.05) is 11.8 Å². The molecule has 0 unspecified atom stereocenters. The van der Waals surface area contributed by atoms with Gasteiger partial charge in [-0.3, -0.25) is 19.7 Å². The number of carbonyl (C=O) groups is 2.